The number of nitrogens with zero attached hydrogens (tertiary/aromatic N) is 1. The molecule has 0 unspecified atom stereocenters. The van der Waals surface area contributed by atoms with Crippen LogP contribution in [0, 0.1) is 10.1 Å². The van der Waals surface area contributed by atoms with Crippen LogP contribution in [-0.4, -0.2) is 44.7 Å². The zero-order chi connectivity index (χ0) is 20.7. The lowest BCUT2D eigenvalue weighted by Crippen LogP contribution is -2.21. The molecule has 0 aromatic heterocycles. The predicted octanol–water partition coefficient (Wildman–Crippen LogP) is 2.45. The molecule has 148 valence electrons. The highest BCUT2D eigenvalue weighted by molar-refractivity contribution is 5.99. The van der Waals surface area contributed by atoms with Crippen molar-refractivity contribution in [1.29, 1.82) is 0 Å². The molecule has 1 amide bonds. The summed E-state index contributed by atoms with van der Waals surface area (Å²) in [6.07, 6.45) is 0. The van der Waals surface area contributed by atoms with Gasteiger partial charge in [0.05, 0.1) is 30.4 Å². The van der Waals surface area contributed by atoms with Crippen molar-refractivity contribution in [2.45, 2.75) is 0 Å². The Bertz CT molecular complexity index is 899. The molecular weight excluding hydrogens is 370 g/mol. The summed E-state index contributed by atoms with van der Waals surface area (Å²) in [4.78, 5) is 34.6. The highest BCUT2D eigenvalue weighted by Crippen LogP contribution is 2.29. The van der Waals surface area contributed by atoms with Gasteiger partial charge in [0.15, 0.2) is 6.61 Å². The summed E-state index contributed by atoms with van der Waals surface area (Å²) in [6, 6.07) is 8.52. The normalized spacial score (nSPS) is 9.96. The van der Waals surface area contributed by atoms with E-state index < -0.39 is 23.4 Å². The highest BCUT2D eigenvalue weighted by atomic mass is 16.6. The second-order valence-corrected chi connectivity index (χ2v) is 5.43. The summed E-state index contributed by atoms with van der Waals surface area (Å²) < 4.78 is 15.2. The zero-order valence-corrected chi connectivity index (χ0v) is 15.5. The molecule has 0 aliphatic rings. The van der Waals surface area contributed by atoms with Crippen molar-refractivity contribution in [3.05, 3.63) is 52.1 Å². The third-order valence-electron chi connectivity index (χ3n) is 3.72. The van der Waals surface area contributed by atoms with Crippen molar-refractivity contribution < 1.29 is 28.7 Å². The Hall–Kier alpha value is -3.82. The van der Waals surface area contributed by atoms with Gasteiger partial charge in [-0.05, 0) is 18.2 Å². The van der Waals surface area contributed by atoms with Gasteiger partial charge in [-0.3, -0.25) is 14.9 Å². The first kappa shape index (κ1) is 20.5. The zero-order valence-electron chi connectivity index (χ0n) is 15.5. The van der Waals surface area contributed by atoms with Gasteiger partial charge in [0.25, 0.3) is 11.6 Å². The van der Waals surface area contributed by atoms with Gasteiger partial charge in [0, 0.05) is 30.9 Å². The molecule has 0 bridgehead atoms. The second-order valence-electron chi connectivity index (χ2n) is 5.43. The topological polar surface area (TPSA) is 129 Å². The molecule has 0 atom stereocenters. The van der Waals surface area contributed by atoms with Crippen LogP contribution in [0.4, 0.5) is 17.1 Å². The minimum Gasteiger partial charge on any atom is -0.497 e. The van der Waals surface area contributed by atoms with Crippen LogP contribution >= 0.6 is 0 Å². The van der Waals surface area contributed by atoms with E-state index in [9.17, 15) is 19.7 Å². The fourth-order valence-corrected chi connectivity index (χ4v) is 2.33. The summed E-state index contributed by atoms with van der Waals surface area (Å²) >= 11 is 0. The first-order valence-corrected chi connectivity index (χ1v) is 8.04. The highest BCUT2D eigenvalue weighted by Gasteiger charge is 2.19. The number of methoxy groups -OCH3 is 2. The van der Waals surface area contributed by atoms with E-state index in [-0.39, 0.29) is 11.3 Å². The van der Waals surface area contributed by atoms with Crippen LogP contribution in [0.25, 0.3) is 0 Å². The SMILES string of the molecule is CNc1ccc([N+](=O)[O-])cc1C(=O)OCC(=O)Nc1ccc(OC)cc1OC. The van der Waals surface area contributed by atoms with Gasteiger partial charge in [-0.1, -0.05) is 0 Å². The van der Waals surface area contributed by atoms with E-state index in [2.05, 4.69) is 10.6 Å². The molecular formula is C18H19N3O7. The number of rotatable bonds is 8. The molecule has 0 spiro atoms. The number of hydrogen-bond acceptors (Lipinski definition) is 8. The molecule has 28 heavy (non-hydrogen) atoms. The van der Waals surface area contributed by atoms with Crippen LogP contribution in [0.15, 0.2) is 36.4 Å². The molecule has 0 saturated carbocycles. The maximum atomic E-state index is 12.3. The summed E-state index contributed by atoms with van der Waals surface area (Å²) in [5.41, 5.74) is 0.397. The largest absolute Gasteiger partial charge is 0.497 e. The molecule has 0 heterocycles. The predicted molar refractivity (Wildman–Crippen MR) is 101 cm³/mol. The molecule has 0 fully saturated rings. The van der Waals surface area contributed by atoms with Crippen molar-refractivity contribution in [2.24, 2.45) is 0 Å². The van der Waals surface area contributed by atoms with Crippen molar-refractivity contribution in [3.63, 3.8) is 0 Å². The number of nitrogens with one attached hydrogen (secondary N) is 2. The minimum absolute atomic E-state index is 0.0495. The Balaban J connectivity index is 2.06. The van der Waals surface area contributed by atoms with E-state index in [0.717, 1.165) is 6.07 Å². The first-order chi connectivity index (χ1) is 13.4. The van der Waals surface area contributed by atoms with E-state index in [1.807, 2.05) is 0 Å². The number of esters is 1. The van der Waals surface area contributed by atoms with E-state index in [1.165, 1.54) is 26.4 Å². The molecule has 0 aliphatic heterocycles. The number of amides is 1. The number of hydrogen-bond donors (Lipinski definition) is 2. The van der Waals surface area contributed by atoms with E-state index in [0.29, 0.717) is 22.9 Å². The molecule has 2 aromatic carbocycles. The quantitative estimate of drug-likeness (QED) is 0.400. The van der Waals surface area contributed by atoms with Crippen LogP contribution in [-0.2, 0) is 9.53 Å². The van der Waals surface area contributed by atoms with E-state index >= 15 is 0 Å². The summed E-state index contributed by atoms with van der Waals surface area (Å²) in [5.74, 6) is -0.556. The van der Waals surface area contributed by atoms with Gasteiger partial charge >= 0.3 is 5.97 Å². The number of benzene rings is 2. The Kier molecular flexibility index (Phi) is 6.74. The molecule has 2 aromatic rings. The number of non-ortho nitro benzene ring substituents is 1. The minimum atomic E-state index is -0.870. The fourth-order valence-electron chi connectivity index (χ4n) is 2.33. The number of anilines is 2. The lowest BCUT2D eigenvalue weighted by atomic mass is 10.1. The summed E-state index contributed by atoms with van der Waals surface area (Å²) in [7, 11) is 4.49. The van der Waals surface area contributed by atoms with Crippen LogP contribution in [0.2, 0.25) is 0 Å². The maximum Gasteiger partial charge on any atom is 0.341 e. The van der Waals surface area contributed by atoms with Gasteiger partial charge in [0.2, 0.25) is 0 Å². The number of nitro groups is 1. The molecule has 2 rings (SSSR count). The second kappa shape index (κ2) is 9.21. The Morgan fingerprint density at radius 1 is 1.07 bits per heavy atom. The van der Waals surface area contributed by atoms with Crippen molar-refractivity contribution in [2.75, 3.05) is 38.5 Å². The molecule has 0 saturated heterocycles. The van der Waals surface area contributed by atoms with Gasteiger partial charge < -0.3 is 24.8 Å². The van der Waals surface area contributed by atoms with Crippen LogP contribution in [0.5, 0.6) is 11.5 Å². The van der Waals surface area contributed by atoms with E-state index in [1.54, 1.807) is 25.2 Å². The monoisotopic (exact) mass is 389 g/mol. The number of ether oxygens (including phenoxy) is 3. The van der Waals surface area contributed by atoms with Crippen LogP contribution in [0.1, 0.15) is 10.4 Å². The fraction of sp³-hybridized carbons (Fsp3) is 0.222. The number of nitro benzene ring substituents is 1. The third kappa shape index (κ3) is 4.87. The van der Waals surface area contributed by atoms with Crippen LogP contribution in [0.3, 0.4) is 0 Å². The first-order valence-electron chi connectivity index (χ1n) is 8.04. The van der Waals surface area contributed by atoms with E-state index in [4.69, 9.17) is 14.2 Å². The average molecular weight is 389 g/mol. The Morgan fingerprint density at radius 3 is 2.39 bits per heavy atom. The Labute approximate surface area is 160 Å². The summed E-state index contributed by atoms with van der Waals surface area (Å²) in [6.45, 7) is -0.583. The van der Waals surface area contributed by atoms with Gasteiger partial charge in [-0.2, -0.15) is 0 Å². The van der Waals surface area contributed by atoms with Crippen molar-refractivity contribution in [1.82, 2.24) is 0 Å². The molecule has 10 nitrogen and oxygen atoms in total. The average Bonchev–Trinajstić information content (AvgIpc) is 2.71. The van der Waals surface area contributed by atoms with Gasteiger partial charge in [0.1, 0.15) is 11.5 Å². The molecule has 0 radical (unpaired) electrons. The van der Waals surface area contributed by atoms with Gasteiger partial charge in [-0.15, -0.1) is 0 Å². The van der Waals surface area contributed by atoms with Crippen molar-refractivity contribution in [3.8, 4) is 11.5 Å². The molecule has 10 heteroatoms. The Morgan fingerprint density at radius 2 is 1.79 bits per heavy atom. The number of carbonyl (C=O) groups excluding carboxylic acids is 2. The smallest absolute Gasteiger partial charge is 0.341 e. The number of carbonyl (C=O) groups is 2. The molecule has 0 aliphatic carbocycles. The standard InChI is InChI=1S/C18H19N3O7/c1-19-14-6-4-11(21(24)25)8-13(14)18(23)28-10-17(22)20-15-7-5-12(26-2)9-16(15)27-3/h4-9,19H,10H2,1-3H3,(H,20,22). The van der Waals surface area contributed by atoms with Gasteiger partial charge in [-0.25, -0.2) is 4.79 Å². The lowest BCUT2D eigenvalue weighted by molar-refractivity contribution is -0.384. The maximum absolute atomic E-state index is 12.3. The van der Waals surface area contributed by atoms with Crippen molar-refractivity contribution >= 4 is 28.9 Å². The lowest BCUT2D eigenvalue weighted by Gasteiger charge is -2.12. The van der Waals surface area contributed by atoms with Crippen LogP contribution < -0.4 is 20.1 Å². The summed E-state index contributed by atoms with van der Waals surface area (Å²) in [5, 5.41) is 16.2. The third-order valence-corrected chi connectivity index (χ3v) is 3.72. The molecule has 2 N–H and O–H groups in total.